The van der Waals surface area contributed by atoms with Gasteiger partial charge in [0.2, 0.25) is 15.9 Å². The van der Waals surface area contributed by atoms with E-state index >= 15 is 0 Å². The van der Waals surface area contributed by atoms with E-state index in [1.807, 2.05) is 6.92 Å². The van der Waals surface area contributed by atoms with E-state index in [0.29, 0.717) is 17.7 Å². The van der Waals surface area contributed by atoms with Crippen molar-refractivity contribution in [2.75, 3.05) is 25.0 Å². The van der Waals surface area contributed by atoms with E-state index in [1.165, 1.54) is 0 Å². The van der Waals surface area contributed by atoms with Gasteiger partial charge in [0.05, 0.1) is 11.4 Å². The van der Waals surface area contributed by atoms with Crippen molar-refractivity contribution in [2.45, 2.75) is 32.6 Å². The number of likely N-dealkylation sites (N-methyl/N-ethyl adjacent to an activating group) is 1. The minimum Gasteiger partial charge on any atom is -0.385 e. The predicted molar refractivity (Wildman–Crippen MR) is 84.0 cm³/mol. The third-order valence-electron chi connectivity index (χ3n) is 2.91. The molecule has 0 fully saturated rings. The maximum Gasteiger partial charge on any atom is 0.241 e. The van der Waals surface area contributed by atoms with Gasteiger partial charge in [-0.15, -0.1) is 0 Å². The number of carbonyl (C=O) groups excluding carboxylic acids is 1. The standard InChI is InChI=1S/C14H23N3O3S/c1-5-15-12-7-10(3)14(11(4)8-12)21(19,20)17-9-13(18)16-6-2/h7-8,15,17H,5-6,9H2,1-4H3,(H,16,18). The lowest BCUT2D eigenvalue weighted by Gasteiger charge is -2.14. The molecule has 0 unspecified atom stereocenters. The van der Waals surface area contributed by atoms with Gasteiger partial charge in [0.1, 0.15) is 0 Å². The molecule has 1 amide bonds. The molecule has 21 heavy (non-hydrogen) atoms. The Morgan fingerprint density at radius 2 is 1.67 bits per heavy atom. The number of benzene rings is 1. The van der Waals surface area contributed by atoms with Crippen molar-refractivity contribution >= 4 is 21.6 Å². The molecule has 0 radical (unpaired) electrons. The van der Waals surface area contributed by atoms with Gasteiger partial charge in [-0.1, -0.05) is 0 Å². The molecule has 0 atom stereocenters. The maximum absolute atomic E-state index is 12.3. The number of anilines is 1. The highest BCUT2D eigenvalue weighted by molar-refractivity contribution is 7.89. The minimum atomic E-state index is -3.71. The van der Waals surface area contributed by atoms with Crippen LogP contribution < -0.4 is 15.4 Å². The molecule has 1 aromatic carbocycles. The SMILES string of the molecule is CCNC(=O)CNS(=O)(=O)c1c(C)cc(NCC)cc1C. The van der Waals surface area contributed by atoms with E-state index in [4.69, 9.17) is 0 Å². The van der Waals surface area contributed by atoms with E-state index in [1.54, 1.807) is 32.9 Å². The molecule has 7 heteroatoms. The molecule has 0 bridgehead atoms. The number of sulfonamides is 1. The Morgan fingerprint density at radius 3 is 2.14 bits per heavy atom. The molecule has 118 valence electrons. The zero-order chi connectivity index (χ0) is 16.0. The zero-order valence-electron chi connectivity index (χ0n) is 12.9. The fraction of sp³-hybridized carbons (Fsp3) is 0.500. The van der Waals surface area contributed by atoms with Crippen LogP contribution in [0.1, 0.15) is 25.0 Å². The van der Waals surface area contributed by atoms with Crippen molar-refractivity contribution in [3.05, 3.63) is 23.3 Å². The van der Waals surface area contributed by atoms with Crippen LogP contribution in [0.3, 0.4) is 0 Å². The van der Waals surface area contributed by atoms with Gasteiger partial charge in [-0.25, -0.2) is 13.1 Å². The highest BCUT2D eigenvalue weighted by Crippen LogP contribution is 2.24. The lowest BCUT2D eigenvalue weighted by molar-refractivity contribution is -0.119. The van der Waals surface area contributed by atoms with Gasteiger partial charge in [-0.3, -0.25) is 4.79 Å². The van der Waals surface area contributed by atoms with Crippen LogP contribution >= 0.6 is 0 Å². The zero-order valence-corrected chi connectivity index (χ0v) is 13.7. The van der Waals surface area contributed by atoms with Crippen LogP contribution in [0.2, 0.25) is 0 Å². The third kappa shape index (κ3) is 4.71. The summed E-state index contributed by atoms with van der Waals surface area (Å²) in [5.41, 5.74) is 2.18. The summed E-state index contributed by atoms with van der Waals surface area (Å²) in [6, 6.07) is 3.58. The first kappa shape index (κ1) is 17.5. The average Bonchev–Trinajstić information content (AvgIpc) is 2.36. The molecule has 0 aliphatic heterocycles. The molecule has 0 aliphatic carbocycles. The molecule has 0 saturated heterocycles. The van der Waals surface area contributed by atoms with Crippen molar-refractivity contribution in [3.8, 4) is 0 Å². The monoisotopic (exact) mass is 313 g/mol. The van der Waals surface area contributed by atoms with E-state index in [9.17, 15) is 13.2 Å². The van der Waals surface area contributed by atoms with Gasteiger partial charge in [0, 0.05) is 18.8 Å². The Kier molecular flexibility index (Phi) is 6.17. The summed E-state index contributed by atoms with van der Waals surface area (Å²) in [6.07, 6.45) is 0. The lowest BCUT2D eigenvalue weighted by atomic mass is 10.1. The smallest absolute Gasteiger partial charge is 0.241 e. The predicted octanol–water partition coefficient (Wildman–Crippen LogP) is 1.15. The van der Waals surface area contributed by atoms with E-state index in [0.717, 1.165) is 12.2 Å². The second kappa shape index (κ2) is 7.42. The molecular weight excluding hydrogens is 290 g/mol. The molecule has 0 heterocycles. The number of hydrogen-bond donors (Lipinski definition) is 3. The normalized spacial score (nSPS) is 11.2. The number of carbonyl (C=O) groups is 1. The first-order valence-electron chi connectivity index (χ1n) is 6.93. The summed E-state index contributed by atoms with van der Waals surface area (Å²) >= 11 is 0. The Labute approximate surface area is 126 Å². The Morgan fingerprint density at radius 1 is 1.10 bits per heavy atom. The first-order valence-corrected chi connectivity index (χ1v) is 8.41. The molecular formula is C14H23N3O3S. The van der Waals surface area contributed by atoms with Gasteiger partial charge >= 0.3 is 0 Å². The number of hydrogen-bond acceptors (Lipinski definition) is 4. The van der Waals surface area contributed by atoms with Gasteiger partial charge in [-0.2, -0.15) is 0 Å². The van der Waals surface area contributed by atoms with Crippen LogP contribution in [0, 0.1) is 13.8 Å². The molecule has 0 aliphatic rings. The topological polar surface area (TPSA) is 87.3 Å². The summed E-state index contributed by atoms with van der Waals surface area (Å²) in [6.45, 7) is 8.22. The molecule has 0 aromatic heterocycles. The second-order valence-electron chi connectivity index (χ2n) is 4.75. The Bertz CT molecular complexity index is 589. The maximum atomic E-state index is 12.3. The fourth-order valence-corrected chi connectivity index (χ4v) is 3.60. The third-order valence-corrected chi connectivity index (χ3v) is 4.61. The van der Waals surface area contributed by atoms with Crippen molar-refractivity contribution in [1.29, 1.82) is 0 Å². The summed E-state index contributed by atoms with van der Waals surface area (Å²) < 4.78 is 27.0. The Balaban J connectivity index is 3.00. The largest absolute Gasteiger partial charge is 0.385 e. The molecule has 0 saturated carbocycles. The quantitative estimate of drug-likeness (QED) is 0.705. The van der Waals surface area contributed by atoms with E-state index < -0.39 is 10.0 Å². The van der Waals surface area contributed by atoms with Gasteiger partial charge in [0.25, 0.3) is 0 Å². The van der Waals surface area contributed by atoms with Crippen molar-refractivity contribution in [1.82, 2.24) is 10.0 Å². The van der Waals surface area contributed by atoms with Crippen LogP contribution in [0.4, 0.5) is 5.69 Å². The number of rotatable bonds is 7. The van der Waals surface area contributed by atoms with Gasteiger partial charge in [-0.05, 0) is 51.0 Å². The number of aryl methyl sites for hydroxylation is 2. The van der Waals surface area contributed by atoms with E-state index in [2.05, 4.69) is 15.4 Å². The second-order valence-corrected chi connectivity index (χ2v) is 6.45. The average molecular weight is 313 g/mol. The van der Waals surface area contributed by atoms with Gasteiger partial charge < -0.3 is 10.6 Å². The van der Waals surface area contributed by atoms with E-state index in [-0.39, 0.29) is 17.3 Å². The van der Waals surface area contributed by atoms with Crippen molar-refractivity contribution in [2.24, 2.45) is 0 Å². The fourth-order valence-electron chi connectivity index (χ4n) is 2.17. The van der Waals surface area contributed by atoms with Crippen LogP contribution in [-0.4, -0.2) is 34.0 Å². The Hall–Kier alpha value is -1.60. The summed E-state index contributed by atoms with van der Waals surface area (Å²) in [5, 5.41) is 5.70. The first-order chi connectivity index (χ1) is 9.81. The molecule has 1 rings (SSSR count). The molecule has 1 aromatic rings. The summed E-state index contributed by atoms with van der Waals surface area (Å²) in [4.78, 5) is 11.6. The summed E-state index contributed by atoms with van der Waals surface area (Å²) in [5.74, 6) is -0.347. The van der Waals surface area contributed by atoms with Gasteiger partial charge in [0.15, 0.2) is 0 Å². The highest BCUT2D eigenvalue weighted by Gasteiger charge is 2.20. The van der Waals surface area contributed by atoms with Crippen LogP contribution in [0.25, 0.3) is 0 Å². The molecule has 0 spiro atoms. The minimum absolute atomic E-state index is 0.230. The van der Waals surface area contributed by atoms with Crippen molar-refractivity contribution in [3.63, 3.8) is 0 Å². The lowest BCUT2D eigenvalue weighted by Crippen LogP contribution is -2.37. The van der Waals surface area contributed by atoms with Crippen molar-refractivity contribution < 1.29 is 13.2 Å². The van der Waals surface area contributed by atoms with Crippen LogP contribution in [-0.2, 0) is 14.8 Å². The van der Waals surface area contributed by atoms with Crippen LogP contribution in [0.5, 0.6) is 0 Å². The molecule has 3 N–H and O–H groups in total. The summed E-state index contributed by atoms with van der Waals surface area (Å²) in [7, 11) is -3.71. The number of amides is 1. The van der Waals surface area contributed by atoms with Crippen LogP contribution in [0.15, 0.2) is 17.0 Å². The highest BCUT2D eigenvalue weighted by atomic mass is 32.2. The number of nitrogens with one attached hydrogen (secondary N) is 3. The molecule has 6 nitrogen and oxygen atoms in total.